The molecule has 0 spiro atoms. The number of carbonyl (C=O) groups excluding carboxylic acids is 1. The van der Waals surface area contributed by atoms with Crippen molar-refractivity contribution >= 4 is 44.6 Å². The van der Waals surface area contributed by atoms with Crippen LogP contribution in [-0.2, 0) is 17.7 Å². The van der Waals surface area contributed by atoms with Crippen molar-refractivity contribution in [2.75, 3.05) is 19.8 Å². The first-order chi connectivity index (χ1) is 22.4. The van der Waals surface area contributed by atoms with Gasteiger partial charge in [0.05, 0.1) is 28.4 Å². The highest BCUT2D eigenvalue weighted by atomic mass is 35.5. The first-order valence-corrected chi connectivity index (χ1v) is 17.2. The number of dihydropyridines is 1. The normalized spacial score (nSPS) is 14.4. The summed E-state index contributed by atoms with van der Waals surface area (Å²) in [6.45, 7) is 16.5. The predicted octanol–water partition coefficient (Wildman–Crippen LogP) is 10.3. The molecule has 0 saturated carbocycles. The third kappa shape index (κ3) is 7.76. The van der Waals surface area contributed by atoms with Gasteiger partial charge in [0.25, 0.3) is 0 Å². The number of halogens is 2. The molecule has 47 heavy (non-hydrogen) atoms. The minimum atomic E-state index is -0.454. The molecule has 5 rings (SSSR count). The van der Waals surface area contributed by atoms with Crippen molar-refractivity contribution in [3.05, 3.63) is 93.5 Å². The molecule has 0 saturated heterocycles. The first-order valence-electron chi connectivity index (χ1n) is 16.8. The van der Waals surface area contributed by atoms with E-state index in [0.29, 0.717) is 42.6 Å². The number of nitrogens with zero attached hydrogens (tertiary/aromatic N) is 1. The van der Waals surface area contributed by atoms with E-state index in [-0.39, 0.29) is 18.2 Å². The first kappa shape index (κ1) is 34.7. The Morgan fingerprint density at radius 3 is 2.60 bits per heavy atom. The average molecular weight is 659 g/mol. The maximum atomic E-state index is 14.3. The molecule has 4 aromatic rings. The van der Waals surface area contributed by atoms with Crippen molar-refractivity contribution < 1.29 is 18.7 Å². The van der Waals surface area contributed by atoms with Crippen LogP contribution < -0.4 is 10.1 Å². The van der Waals surface area contributed by atoms with E-state index in [4.69, 9.17) is 21.1 Å². The van der Waals surface area contributed by atoms with E-state index in [0.717, 1.165) is 69.2 Å². The molecule has 2 heterocycles. The molecule has 3 aromatic carbocycles. The fourth-order valence-corrected chi connectivity index (χ4v) is 6.69. The number of allylic oxidation sites excluding steroid dienone is 3. The number of aryl methyl sites for hydroxylation is 2. The highest BCUT2D eigenvalue weighted by Gasteiger charge is 2.29. The van der Waals surface area contributed by atoms with Gasteiger partial charge in [0.15, 0.2) is 0 Å². The Hall–Kier alpha value is -3.61. The summed E-state index contributed by atoms with van der Waals surface area (Å²) in [6.07, 6.45) is 5.50. The number of rotatable bonds is 13. The van der Waals surface area contributed by atoms with Gasteiger partial charge in [-0.05, 0) is 107 Å². The Morgan fingerprint density at radius 2 is 1.87 bits per heavy atom. The van der Waals surface area contributed by atoms with Gasteiger partial charge in [0, 0.05) is 40.7 Å². The maximum absolute atomic E-state index is 14.3. The van der Waals surface area contributed by atoms with E-state index in [1.54, 1.807) is 6.07 Å². The summed E-state index contributed by atoms with van der Waals surface area (Å²) in [7, 11) is 0. The topological polar surface area (TPSA) is 52.5 Å². The molecule has 1 unspecified atom stereocenters. The maximum Gasteiger partial charge on any atom is 0.205 e. The molecule has 1 N–H and O–H groups in total. The smallest absolute Gasteiger partial charge is 0.205 e. The Labute approximate surface area is 283 Å². The second kappa shape index (κ2) is 14.7. The summed E-state index contributed by atoms with van der Waals surface area (Å²) >= 11 is 7.09. The molecule has 0 aliphatic carbocycles. The van der Waals surface area contributed by atoms with Crippen LogP contribution in [-0.4, -0.2) is 35.7 Å². The van der Waals surface area contributed by atoms with Gasteiger partial charge in [-0.25, -0.2) is 4.39 Å². The summed E-state index contributed by atoms with van der Waals surface area (Å²) in [6, 6.07) is 14.5. The highest BCUT2D eigenvalue weighted by molar-refractivity contribution is 6.34. The van der Waals surface area contributed by atoms with E-state index in [1.165, 1.54) is 17.7 Å². The zero-order valence-corrected chi connectivity index (χ0v) is 29.6. The van der Waals surface area contributed by atoms with Crippen molar-refractivity contribution in [2.24, 2.45) is 5.92 Å². The molecule has 250 valence electrons. The molecule has 7 heteroatoms. The molecule has 0 radical (unpaired) electrons. The van der Waals surface area contributed by atoms with Gasteiger partial charge < -0.3 is 19.4 Å². The van der Waals surface area contributed by atoms with Gasteiger partial charge in [0.1, 0.15) is 18.2 Å². The number of carbonyl (C=O) groups is 1. The van der Waals surface area contributed by atoms with Crippen LogP contribution in [0.15, 0.2) is 65.9 Å². The Kier molecular flexibility index (Phi) is 10.8. The van der Waals surface area contributed by atoms with Gasteiger partial charge in [-0.2, -0.15) is 0 Å². The largest absolute Gasteiger partial charge is 0.493 e. The molecule has 1 aromatic heterocycles. The molecular weight excluding hydrogens is 611 g/mol. The average Bonchev–Trinajstić information content (AvgIpc) is 3.34. The van der Waals surface area contributed by atoms with Crippen LogP contribution in [0.1, 0.15) is 89.3 Å². The summed E-state index contributed by atoms with van der Waals surface area (Å²) < 4.78 is 28.4. The van der Waals surface area contributed by atoms with Crippen molar-refractivity contribution in [2.45, 2.75) is 86.3 Å². The van der Waals surface area contributed by atoms with Crippen LogP contribution in [0.3, 0.4) is 0 Å². The van der Waals surface area contributed by atoms with E-state index < -0.39 is 5.60 Å². The number of ether oxygens (including phenoxy) is 2. The molecule has 5 nitrogen and oxygen atoms in total. The number of nitrogens with one attached hydrogen (secondary N) is 1. The van der Waals surface area contributed by atoms with Crippen LogP contribution in [0.5, 0.6) is 5.75 Å². The van der Waals surface area contributed by atoms with Gasteiger partial charge in [-0.15, -0.1) is 0 Å². The lowest BCUT2D eigenvalue weighted by Gasteiger charge is -2.23. The minimum Gasteiger partial charge on any atom is -0.493 e. The fraction of sp³-hybridized carbons (Fsp3) is 0.425. The lowest BCUT2D eigenvalue weighted by molar-refractivity contribution is 0.00266. The van der Waals surface area contributed by atoms with Crippen molar-refractivity contribution in [1.29, 1.82) is 0 Å². The third-order valence-electron chi connectivity index (χ3n) is 9.15. The van der Waals surface area contributed by atoms with E-state index in [1.807, 2.05) is 45.0 Å². The number of benzene rings is 3. The van der Waals surface area contributed by atoms with Crippen LogP contribution in [0.4, 0.5) is 4.39 Å². The van der Waals surface area contributed by atoms with Gasteiger partial charge in [-0.3, -0.25) is 4.79 Å². The molecule has 0 fully saturated rings. The molecule has 0 amide bonds. The Balaban J connectivity index is 1.60. The molecule has 1 aliphatic rings. The second-order valence-electron chi connectivity index (χ2n) is 13.8. The Bertz CT molecular complexity index is 1850. The fourth-order valence-electron chi connectivity index (χ4n) is 6.44. The quantitative estimate of drug-likeness (QED) is 0.115. The molecular formula is C40H48ClFN2O3. The zero-order chi connectivity index (χ0) is 33.9. The summed E-state index contributed by atoms with van der Waals surface area (Å²) in [5.41, 5.74) is 6.52. The minimum absolute atomic E-state index is 0.00943. The zero-order valence-electron chi connectivity index (χ0n) is 28.9. The van der Waals surface area contributed by atoms with Crippen molar-refractivity contribution in [3.63, 3.8) is 0 Å². The number of hydrogen-bond donors (Lipinski definition) is 1. The summed E-state index contributed by atoms with van der Waals surface area (Å²) in [5.74, 6) is 0.909. The highest BCUT2D eigenvalue weighted by Crippen LogP contribution is 2.42. The number of Topliss-reactive ketones (excluding diaryl/α,β-unsaturated/α-hetero) is 1. The summed E-state index contributed by atoms with van der Waals surface area (Å²) in [4.78, 5) is 14.3. The summed E-state index contributed by atoms with van der Waals surface area (Å²) in [5, 5.41) is 6.87. The number of aromatic nitrogens is 1. The van der Waals surface area contributed by atoms with Crippen molar-refractivity contribution in [3.8, 4) is 5.75 Å². The van der Waals surface area contributed by atoms with Crippen LogP contribution >= 0.6 is 11.6 Å². The molecule has 1 aliphatic heterocycles. The van der Waals surface area contributed by atoms with E-state index in [9.17, 15) is 9.18 Å². The van der Waals surface area contributed by atoms with Crippen LogP contribution in [0.25, 0.3) is 27.2 Å². The van der Waals surface area contributed by atoms with Gasteiger partial charge in [-0.1, -0.05) is 56.1 Å². The number of fused-ring (bicyclic) bond motifs is 2. The lowest BCUT2D eigenvalue weighted by atomic mass is 9.92. The second-order valence-corrected chi connectivity index (χ2v) is 14.2. The van der Waals surface area contributed by atoms with Crippen molar-refractivity contribution in [1.82, 2.24) is 9.88 Å². The number of hydrogen-bond acceptors (Lipinski definition) is 4. The molecule has 0 bridgehead atoms. The predicted molar refractivity (Wildman–Crippen MR) is 193 cm³/mol. The van der Waals surface area contributed by atoms with E-state index in [2.05, 4.69) is 49.7 Å². The molecule has 1 atom stereocenters. The Morgan fingerprint density at radius 1 is 1.11 bits per heavy atom. The third-order valence-corrected chi connectivity index (χ3v) is 9.46. The standard InChI is InChI=1S/C40H48ClFN2O3/c1-8-25(2)19-21-44-38(34(45)24-47-40(5,6)7)31(12-10-22-46-35-13-9-11-28-23-29(42)14-15-30(28)35)32-16-17-33(41)37(39(32)44)36-26(3)18-20-43-27(36)4/h9,11,13-18,23,25,43H,8,10,12,19-22,24H2,1-7H3. The van der Waals surface area contributed by atoms with Crippen LogP contribution in [0, 0.1) is 11.7 Å². The van der Waals surface area contributed by atoms with Gasteiger partial charge in [0.2, 0.25) is 5.78 Å². The lowest BCUT2D eigenvalue weighted by Crippen LogP contribution is -2.25. The number of ketones is 1. The SMILES string of the molecule is CCC(C)CCn1c(C(=O)COC(C)(C)C)c(CCCOc2cccc3cc(F)ccc23)c2ccc(Cl)c(C3=C(C)NCC=C3C)c21. The monoisotopic (exact) mass is 658 g/mol. The van der Waals surface area contributed by atoms with Gasteiger partial charge >= 0.3 is 0 Å². The van der Waals surface area contributed by atoms with Crippen LogP contribution in [0.2, 0.25) is 5.02 Å². The van der Waals surface area contributed by atoms with E-state index >= 15 is 0 Å².